The van der Waals surface area contributed by atoms with Gasteiger partial charge in [0, 0.05) is 13.1 Å². The summed E-state index contributed by atoms with van der Waals surface area (Å²) in [6.45, 7) is 9.35. The van der Waals surface area contributed by atoms with Gasteiger partial charge in [-0.1, -0.05) is 29.3 Å². The molecular formula is C18H27NO2S. The van der Waals surface area contributed by atoms with Crippen molar-refractivity contribution in [3.63, 3.8) is 0 Å². The van der Waals surface area contributed by atoms with Crippen molar-refractivity contribution in [3.8, 4) is 0 Å². The number of sulfone groups is 1. The van der Waals surface area contributed by atoms with Crippen molar-refractivity contribution < 1.29 is 8.42 Å². The van der Waals surface area contributed by atoms with Gasteiger partial charge in [0.15, 0.2) is 9.84 Å². The lowest BCUT2D eigenvalue weighted by Gasteiger charge is -2.28. The molecule has 1 atom stereocenters. The highest BCUT2D eigenvalue weighted by Crippen LogP contribution is 2.20. The van der Waals surface area contributed by atoms with Gasteiger partial charge in [-0.05, 0) is 58.7 Å². The molecule has 0 radical (unpaired) electrons. The Morgan fingerprint density at radius 3 is 2.45 bits per heavy atom. The van der Waals surface area contributed by atoms with Gasteiger partial charge in [0.2, 0.25) is 0 Å². The SMILES string of the molecule is CC1=C(C)CN(CCCC(C)S(=O)(=O)c2ccccc2)CC1. The first-order valence-corrected chi connectivity index (χ1v) is 9.62. The van der Waals surface area contributed by atoms with Crippen LogP contribution < -0.4 is 0 Å². The van der Waals surface area contributed by atoms with E-state index < -0.39 is 9.84 Å². The Kier molecular flexibility index (Phi) is 5.81. The Labute approximate surface area is 135 Å². The van der Waals surface area contributed by atoms with E-state index in [1.165, 1.54) is 11.1 Å². The molecular weight excluding hydrogens is 294 g/mol. The largest absolute Gasteiger partial charge is 0.299 e. The second-order valence-electron chi connectivity index (χ2n) is 6.40. The van der Waals surface area contributed by atoms with Gasteiger partial charge in [0.1, 0.15) is 0 Å². The molecule has 3 nitrogen and oxygen atoms in total. The summed E-state index contributed by atoms with van der Waals surface area (Å²) in [5.74, 6) is 0. The molecule has 22 heavy (non-hydrogen) atoms. The summed E-state index contributed by atoms with van der Waals surface area (Å²) in [5.41, 5.74) is 2.98. The van der Waals surface area contributed by atoms with Crippen molar-refractivity contribution in [2.75, 3.05) is 19.6 Å². The second-order valence-corrected chi connectivity index (χ2v) is 8.76. The van der Waals surface area contributed by atoms with Gasteiger partial charge in [-0.25, -0.2) is 8.42 Å². The highest BCUT2D eigenvalue weighted by atomic mass is 32.2. The number of hydrogen-bond acceptors (Lipinski definition) is 3. The van der Waals surface area contributed by atoms with E-state index in [4.69, 9.17) is 0 Å². The molecule has 0 N–H and O–H groups in total. The van der Waals surface area contributed by atoms with Crippen molar-refractivity contribution in [1.29, 1.82) is 0 Å². The first-order chi connectivity index (χ1) is 10.4. The van der Waals surface area contributed by atoms with Crippen molar-refractivity contribution in [2.45, 2.75) is 50.2 Å². The standard InChI is InChI=1S/C18H27NO2S/c1-15-11-13-19(14-16(15)2)12-7-8-17(3)22(20,21)18-9-5-4-6-10-18/h4-6,9-10,17H,7-8,11-14H2,1-3H3. The smallest absolute Gasteiger partial charge is 0.180 e. The Morgan fingerprint density at radius 1 is 1.14 bits per heavy atom. The average molecular weight is 321 g/mol. The summed E-state index contributed by atoms with van der Waals surface area (Å²) in [6, 6.07) is 8.79. The summed E-state index contributed by atoms with van der Waals surface area (Å²) in [5, 5.41) is -0.321. The van der Waals surface area contributed by atoms with Crippen molar-refractivity contribution in [2.24, 2.45) is 0 Å². The third-order valence-corrected chi connectivity index (χ3v) is 6.90. The van der Waals surface area contributed by atoms with E-state index in [2.05, 4.69) is 18.7 Å². The lowest BCUT2D eigenvalue weighted by molar-refractivity contribution is 0.279. The average Bonchev–Trinajstić information content (AvgIpc) is 2.51. The van der Waals surface area contributed by atoms with Crippen LogP contribution in [0.4, 0.5) is 0 Å². The quantitative estimate of drug-likeness (QED) is 0.750. The molecule has 0 bridgehead atoms. The van der Waals surface area contributed by atoms with Crippen LogP contribution in [0, 0.1) is 0 Å². The van der Waals surface area contributed by atoms with Gasteiger partial charge in [0.05, 0.1) is 10.1 Å². The maximum absolute atomic E-state index is 12.5. The molecule has 1 aliphatic rings. The van der Waals surface area contributed by atoms with Crippen LogP contribution in [0.1, 0.15) is 40.0 Å². The highest BCUT2D eigenvalue weighted by molar-refractivity contribution is 7.92. The summed E-state index contributed by atoms with van der Waals surface area (Å²) in [7, 11) is -3.19. The van der Waals surface area contributed by atoms with Gasteiger partial charge in [-0.3, -0.25) is 4.90 Å². The minimum absolute atomic E-state index is 0.321. The molecule has 1 aromatic carbocycles. The zero-order valence-electron chi connectivity index (χ0n) is 13.9. The number of rotatable bonds is 6. The number of nitrogens with zero attached hydrogens (tertiary/aromatic N) is 1. The van der Waals surface area contributed by atoms with E-state index in [1.54, 1.807) is 24.3 Å². The lowest BCUT2D eigenvalue weighted by atomic mass is 10.0. The molecule has 0 fully saturated rings. The maximum atomic E-state index is 12.5. The van der Waals surface area contributed by atoms with Crippen LogP contribution in [-0.4, -0.2) is 38.2 Å². The fourth-order valence-corrected chi connectivity index (χ4v) is 4.36. The monoisotopic (exact) mass is 321 g/mol. The van der Waals surface area contributed by atoms with Crippen LogP contribution in [-0.2, 0) is 9.84 Å². The molecule has 0 saturated heterocycles. The van der Waals surface area contributed by atoms with Gasteiger partial charge in [0.25, 0.3) is 0 Å². The summed E-state index contributed by atoms with van der Waals surface area (Å²) >= 11 is 0. The van der Waals surface area contributed by atoms with Crippen molar-refractivity contribution in [1.82, 2.24) is 4.90 Å². The van der Waals surface area contributed by atoms with Crippen LogP contribution in [0.25, 0.3) is 0 Å². The van der Waals surface area contributed by atoms with E-state index in [0.29, 0.717) is 4.90 Å². The minimum Gasteiger partial charge on any atom is -0.299 e. The normalized spacial score (nSPS) is 18.5. The molecule has 4 heteroatoms. The zero-order valence-corrected chi connectivity index (χ0v) is 14.7. The molecule has 0 saturated carbocycles. The van der Waals surface area contributed by atoms with E-state index in [1.807, 2.05) is 13.0 Å². The van der Waals surface area contributed by atoms with E-state index in [9.17, 15) is 8.42 Å². The predicted molar refractivity (Wildman–Crippen MR) is 91.8 cm³/mol. The summed E-state index contributed by atoms with van der Waals surface area (Å²) in [4.78, 5) is 2.87. The molecule has 2 rings (SSSR count). The molecule has 122 valence electrons. The Hall–Kier alpha value is -1.13. The van der Waals surface area contributed by atoms with E-state index in [0.717, 1.165) is 38.9 Å². The van der Waals surface area contributed by atoms with Crippen molar-refractivity contribution in [3.05, 3.63) is 41.5 Å². The van der Waals surface area contributed by atoms with Crippen LogP contribution in [0.5, 0.6) is 0 Å². The molecule has 1 heterocycles. The van der Waals surface area contributed by atoms with Crippen LogP contribution in [0.2, 0.25) is 0 Å². The van der Waals surface area contributed by atoms with Crippen LogP contribution >= 0.6 is 0 Å². The number of benzene rings is 1. The second kappa shape index (κ2) is 7.42. The first kappa shape index (κ1) is 17.2. The van der Waals surface area contributed by atoms with Crippen molar-refractivity contribution >= 4 is 9.84 Å². The highest BCUT2D eigenvalue weighted by Gasteiger charge is 2.23. The molecule has 0 aliphatic carbocycles. The third kappa shape index (κ3) is 4.20. The zero-order chi connectivity index (χ0) is 16.2. The van der Waals surface area contributed by atoms with Gasteiger partial charge < -0.3 is 0 Å². The maximum Gasteiger partial charge on any atom is 0.180 e. The summed E-state index contributed by atoms with van der Waals surface area (Å²) in [6.07, 6.45) is 2.79. The Morgan fingerprint density at radius 2 is 1.82 bits per heavy atom. The molecule has 1 aromatic rings. The first-order valence-electron chi connectivity index (χ1n) is 8.08. The molecule has 0 aromatic heterocycles. The van der Waals surface area contributed by atoms with Gasteiger partial charge in [-0.2, -0.15) is 0 Å². The molecule has 0 spiro atoms. The summed E-state index contributed by atoms with van der Waals surface area (Å²) < 4.78 is 25.0. The lowest BCUT2D eigenvalue weighted by Crippen LogP contribution is -2.32. The van der Waals surface area contributed by atoms with E-state index >= 15 is 0 Å². The molecule has 1 aliphatic heterocycles. The van der Waals surface area contributed by atoms with Crippen LogP contribution in [0.15, 0.2) is 46.4 Å². The third-order valence-electron chi connectivity index (χ3n) is 4.68. The van der Waals surface area contributed by atoms with Gasteiger partial charge >= 0.3 is 0 Å². The minimum atomic E-state index is -3.19. The topological polar surface area (TPSA) is 37.4 Å². The predicted octanol–water partition coefficient (Wildman–Crippen LogP) is 3.67. The molecule has 1 unspecified atom stereocenters. The van der Waals surface area contributed by atoms with Crippen LogP contribution in [0.3, 0.4) is 0 Å². The fourth-order valence-electron chi connectivity index (χ4n) is 2.88. The fraction of sp³-hybridized carbons (Fsp3) is 0.556. The van der Waals surface area contributed by atoms with Gasteiger partial charge in [-0.15, -0.1) is 0 Å². The van der Waals surface area contributed by atoms with E-state index in [-0.39, 0.29) is 5.25 Å². The number of hydrogen-bond donors (Lipinski definition) is 0. The Bertz CT molecular complexity index is 620. The Balaban J connectivity index is 1.85. The molecule has 0 amide bonds.